The van der Waals surface area contributed by atoms with Gasteiger partial charge in [0.1, 0.15) is 5.54 Å². The van der Waals surface area contributed by atoms with Crippen LogP contribution >= 0.6 is 11.3 Å². The summed E-state index contributed by atoms with van der Waals surface area (Å²) in [6.07, 6.45) is 10.0. The molecule has 25 heavy (non-hydrogen) atoms. The predicted octanol–water partition coefficient (Wildman–Crippen LogP) is 2.06. The molecule has 0 N–H and O–H groups in total. The molecule has 3 rings (SSSR count). The summed E-state index contributed by atoms with van der Waals surface area (Å²) in [6.45, 7) is 1.01. The summed E-state index contributed by atoms with van der Waals surface area (Å²) in [5.41, 5.74) is -0.787. The first-order valence-electron chi connectivity index (χ1n) is 8.24. The molecule has 0 radical (unpaired) electrons. The summed E-state index contributed by atoms with van der Waals surface area (Å²) in [7, 11) is 3.50. The molecule has 3 heterocycles. The van der Waals surface area contributed by atoms with E-state index in [9.17, 15) is 9.59 Å². The van der Waals surface area contributed by atoms with Gasteiger partial charge in [0.15, 0.2) is 0 Å². The molecule has 0 aromatic carbocycles. The van der Waals surface area contributed by atoms with E-state index in [4.69, 9.17) is 0 Å². The molecule has 2 aromatic heterocycles. The fourth-order valence-corrected chi connectivity index (χ4v) is 3.91. The molecule has 1 fully saturated rings. The maximum Gasteiger partial charge on any atom is 0.250 e. The number of hydrogen-bond donors (Lipinski definition) is 0. The van der Waals surface area contributed by atoms with Gasteiger partial charge in [-0.2, -0.15) is 0 Å². The van der Waals surface area contributed by atoms with Gasteiger partial charge in [-0.15, -0.1) is 11.3 Å². The molecule has 132 valence electrons. The lowest BCUT2D eigenvalue weighted by atomic mass is 9.87. The number of hydrogen-bond acceptors (Lipinski definition) is 4. The van der Waals surface area contributed by atoms with E-state index in [1.807, 2.05) is 28.2 Å². The molecule has 1 atom stereocenters. The molecule has 1 unspecified atom stereocenters. The Kier molecular flexibility index (Phi) is 5.03. The van der Waals surface area contributed by atoms with Gasteiger partial charge in [-0.1, -0.05) is 6.07 Å². The van der Waals surface area contributed by atoms with Crippen molar-refractivity contribution in [3.05, 3.63) is 47.2 Å². The van der Waals surface area contributed by atoms with Crippen molar-refractivity contribution >= 4 is 29.2 Å². The molecule has 2 amide bonds. The second-order valence-corrected chi connectivity index (χ2v) is 7.39. The fourth-order valence-electron chi connectivity index (χ4n) is 3.29. The summed E-state index contributed by atoms with van der Waals surface area (Å²) in [4.78, 5) is 34.1. The number of likely N-dealkylation sites (N-methyl/N-ethyl adjacent to an activating group) is 1. The largest absolute Gasteiger partial charge is 0.347 e. The van der Waals surface area contributed by atoms with Crippen LogP contribution in [0.25, 0.3) is 6.08 Å². The van der Waals surface area contributed by atoms with Crippen LogP contribution in [0.4, 0.5) is 0 Å². The minimum absolute atomic E-state index is 0.00904. The highest BCUT2D eigenvalue weighted by molar-refractivity contribution is 7.10. The Morgan fingerprint density at radius 1 is 1.40 bits per heavy atom. The van der Waals surface area contributed by atoms with Crippen molar-refractivity contribution in [1.29, 1.82) is 0 Å². The Balaban J connectivity index is 1.84. The zero-order valence-electron chi connectivity index (χ0n) is 14.5. The Morgan fingerprint density at radius 3 is 2.88 bits per heavy atom. The highest BCUT2D eigenvalue weighted by Crippen LogP contribution is 2.31. The zero-order valence-corrected chi connectivity index (χ0v) is 15.3. The lowest BCUT2D eigenvalue weighted by Crippen LogP contribution is -2.58. The van der Waals surface area contributed by atoms with Gasteiger partial charge in [-0.3, -0.25) is 9.59 Å². The van der Waals surface area contributed by atoms with Gasteiger partial charge >= 0.3 is 0 Å². The quantitative estimate of drug-likeness (QED) is 0.786. The fraction of sp³-hybridized carbons (Fsp3) is 0.389. The number of likely N-dealkylation sites (tertiary alicyclic amines) is 1. The average Bonchev–Trinajstić information content (AvgIpc) is 3.32. The molecule has 1 saturated heterocycles. The molecule has 0 saturated carbocycles. The van der Waals surface area contributed by atoms with Crippen LogP contribution in [0.2, 0.25) is 0 Å². The van der Waals surface area contributed by atoms with E-state index in [2.05, 4.69) is 4.98 Å². The number of thiophene rings is 1. The number of nitrogens with zero attached hydrogens (tertiary/aromatic N) is 4. The lowest BCUT2D eigenvalue weighted by molar-refractivity contribution is -0.144. The van der Waals surface area contributed by atoms with Crippen LogP contribution in [0.15, 0.2) is 42.3 Å². The molecule has 0 spiro atoms. The van der Waals surface area contributed by atoms with Gasteiger partial charge in [0.25, 0.3) is 0 Å². The summed E-state index contributed by atoms with van der Waals surface area (Å²) in [5, 5.41) is 1.98. The van der Waals surface area contributed by atoms with E-state index in [1.54, 1.807) is 60.0 Å². The molecule has 2 aromatic rings. The van der Waals surface area contributed by atoms with Crippen molar-refractivity contribution in [2.24, 2.45) is 0 Å². The van der Waals surface area contributed by atoms with E-state index < -0.39 is 5.54 Å². The number of amides is 2. The zero-order chi connectivity index (χ0) is 17.9. The van der Waals surface area contributed by atoms with Crippen LogP contribution in [0.5, 0.6) is 0 Å². The van der Waals surface area contributed by atoms with E-state index in [0.717, 1.165) is 11.3 Å². The second-order valence-electron chi connectivity index (χ2n) is 6.41. The molecule has 6 nitrogen and oxygen atoms in total. The maximum absolute atomic E-state index is 13.0. The summed E-state index contributed by atoms with van der Waals surface area (Å²) in [6, 6.07) is 3.92. The number of carbonyl (C=O) groups is 2. The highest BCUT2D eigenvalue weighted by Gasteiger charge is 2.45. The molecular formula is C18H22N4O2S. The van der Waals surface area contributed by atoms with Crippen LogP contribution < -0.4 is 0 Å². The van der Waals surface area contributed by atoms with Crippen LogP contribution in [-0.2, 0) is 15.1 Å². The third-order valence-corrected chi connectivity index (χ3v) is 5.36. The Morgan fingerprint density at radius 2 is 2.24 bits per heavy atom. The minimum atomic E-state index is -0.787. The van der Waals surface area contributed by atoms with Crippen molar-refractivity contribution in [2.75, 3.05) is 27.2 Å². The SMILES string of the molecule is CN(C)C(=O)C1(n2ccnc2)CCCN(C(=O)/C=C/c2cccs2)C1. The first kappa shape index (κ1) is 17.4. The van der Waals surface area contributed by atoms with E-state index >= 15 is 0 Å². The summed E-state index contributed by atoms with van der Waals surface area (Å²) < 4.78 is 1.84. The maximum atomic E-state index is 13.0. The molecule has 0 aliphatic carbocycles. The molecule has 0 bridgehead atoms. The number of aromatic nitrogens is 2. The normalized spacial score (nSPS) is 20.8. The first-order valence-corrected chi connectivity index (χ1v) is 9.11. The standard InChI is InChI=1S/C18H22N4O2S/c1-20(2)17(24)18(22-11-9-19-14-22)8-4-10-21(13-18)16(23)7-6-15-5-3-12-25-15/h3,5-7,9,11-12,14H,4,8,10,13H2,1-2H3/b7-6+. The van der Waals surface area contributed by atoms with Crippen LogP contribution in [0.1, 0.15) is 17.7 Å². The van der Waals surface area contributed by atoms with Gasteiger partial charge in [0.2, 0.25) is 11.8 Å². The van der Waals surface area contributed by atoms with Gasteiger partial charge in [0.05, 0.1) is 12.9 Å². The predicted molar refractivity (Wildman–Crippen MR) is 98.1 cm³/mol. The third-order valence-electron chi connectivity index (χ3n) is 4.52. The number of piperidine rings is 1. The average molecular weight is 358 g/mol. The minimum Gasteiger partial charge on any atom is -0.347 e. The smallest absolute Gasteiger partial charge is 0.250 e. The third kappa shape index (κ3) is 3.51. The van der Waals surface area contributed by atoms with Gasteiger partial charge in [0, 0.05) is 44.0 Å². The summed E-state index contributed by atoms with van der Waals surface area (Å²) in [5.74, 6) is -0.0746. The van der Waals surface area contributed by atoms with Crippen LogP contribution in [-0.4, -0.2) is 58.4 Å². The van der Waals surface area contributed by atoms with Crippen molar-refractivity contribution < 1.29 is 9.59 Å². The van der Waals surface area contributed by atoms with E-state index in [1.165, 1.54) is 0 Å². The van der Waals surface area contributed by atoms with Crippen molar-refractivity contribution in [2.45, 2.75) is 18.4 Å². The molecule has 7 heteroatoms. The molecular weight excluding hydrogens is 336 g/mol. The number of rotatable bonds is 4. The van der Waals surface area contributed by atoms with Crippen molar-refractivity contribution in [3.8, 4) is 0 Å². The van der Waals surface area contributed by atoms with Crippen molar-refractivity contribution in [1.82, 2.24) is 19.4 Å². The van der Waals surface area contributed by atoms with Crippen LogP contribution in [0.3, 0.4) is 0 Å². The topological polar surface area (TPSA) is 58.4 Å². The highest BCUT2D eigenvalue weighted by atomic mass is 32.1. The number of imidazole rings is 1. The van der Waals surface area contributed by atoms with Crippen LogP contribution in [0, 0.1) is 0 Å². The Hall–Kier alpha value is -2.41. The number of carbonyl (C=O) groups excluding carboxylic acids is 2. The van der Waals surface area contributed by atoms with Gasteiger partial charge < -0.3 is 14.4 Å². The monoisotopic (exact) mass is 358 g/mol. The first-order chi connectivity index (χ1) is 12.0. The molecule has 1 aliphatic rings. The Labute approximate surface area is 151 Å². The van der Waals surface area contributed by atoms with E-state index in [0.29, 0.717) is 19.5 Å². The van der Waals surface area contributed by atoms with Crippen molar-refractivity contribution in [3.63, 3.8) is 0 Å². The molecule has 1 aliphatic heterocycles. The van der Waals surface area contributed by atoms with E-state index in [-0.39, 0.29) is 11.8 Å². The van der Waals surface area contributed by atoms with Gasteiger partial charge in [-0.25, -0.2) is 4.98 Å². The summed E-state index contributed by atoms with van der Waals surface area (Å²) >= 11 is 1.59. The Bertz CT molecular complexity index is 752. The second kappa shape index (κ2) is 7.23. The lowest BCUT2D eigenvalue weighted by Gasteiger charge is -2.43. The van der Waals surface area contributed by atoms with Gasteiger partial charge in [-0.05, 0) is 30.4 Å².